The Morgan fingerprint density at radius 3 is 2.50 bits per heavy atom. The van der Waals surface area contributed by atoms with E-state index >= 15 is 0 Å². The average molecular weight is 331 g/mol. The van der Waals surface area contributed by atoms with Crippen LogP contribution in [0.1, 0.15) is 31.7 Å². The predicted octanol–water partition coefficient (Wildman–Crippen LogP) is 2.32. The molecule has 132 valence electrons. The third kappa shape index (κ3) is 3.83. The van der Waals surface area contributed by atoms with Gasteiger partial charge in [0.1, 0.15) is 5.75 Å². The van der Waals surface area contributed by atoms with Gasteiger partial charge in [-0.25, -0.2) is 0 Å². The lowest BCUT2D eigenvalue weighted by atomic mass is 9.74. The van der Waals surface area contributed by atoms with Gasteiger partial charge in [-0.1, -0.05) is 19.1 Å². The molecule has 2 aliphatic rings. The SMILES string of the molecule is CN=C(NCC1(c2ccc(OC)cc2)CCOCC1)NC1CC1C. The van der Waals surface area contributed by atoms with E-state index in [2.05, 4.69) is 34.7 Å². The molecule has 0 aromatic heterocycles. The molecule has 1 aromatic rings. The van der Waals surface area contributed by atoms with Gasteiger partial charge in [0.15, 0.2) is 5.96 Å². The average Bonchev–Trinajstić information content (AvgIpc) is 3.34. The minimum Gasteiger partial charge on any atom is -0.497 e. The summed E-state index contributed by atoms with van der Waals surface area (Å²) in [5.41, 5.74) is 1.42. The van der Waals surface area contributed by atoms with Crippen LogP contribution in [0.5, 0.6) is 5.75 Å². The first kappa shape index (κ1) is 17.1. The van der Waals surface area contributed by atoms with Gasteiger partial charge in [-0.2, -0.15) is 0 Å². The van der Waals surface area contributed by atoms with Crippen LogP contribution in [0.4, 0.5) is 0 Å². The van der Waals surface area contributed by atoms with Crippen molar-refractivity contribution in [2.24, 2.45) is 10.9 Å². The lowest BCUT2D eigenvalue weighted by Crippen LogP contribution is -2.48. The Kier molecular flexibility index (Phi) is 5.29. The van der Waals surface area contributed by atoms with Crippen molar-refractivity contribution in [3.8, 4) is 5.75 Å². The van der Waals surface area contributed by atoms with Crippen molar-refractivity contribution in [3.05, 3.63) is 29.8 Å². The van der Waals surface area contributed by atoms with Crippen LogP contribution < -0.4 is 15.4 Å². The largest absolute Gasteiger partial charge is 0.497 e. The molecule has 24 heavy (non-hydrogen) atoms. The molecule has 5 nitrogen and oxygen atoms in total. The fourth-order valence-electron chi connectivity index (χ4n) is 3.42. The number of methoxy groups -OCH3 is 1. The van der Waals surface area contributed by atoms with Gasteiger partial charge in [-0.15, -0.1) is 0 Å². The first-order valence-electron chi connectivity index (χ1n) is 8.86. The van der Waals surface area contributed by atoms with Crippen molar-refractivity contribution >= 4 is 5.96 Å². The molecule has 0 radical (unpaired) electrons. The molecule has 1 aromatic carbocycles. The van der Waals surface area contributed by atoms with E-state index in [0.717, 1.165) is 50.2 Å². The van der Waals surface area contributed by atoms with E-state index < -0.39 is 0 Å². The summed E-state index contributed by atoms with van der Waals surface area (Å²) in [5.74, 6) is 2.56. The molecule has 0 bridgehead atoms. The second-order valence-electron chi connectivity index (χ2n) is 7.01. The van der Waals surface area contributed by atoms with Gasteiger partial charge < -0.3 is 20.1 Å². The second-order valence-corrected chi connectivity index (χ2v) is 7.01. The number of nitrogens with zero attached hydrogens (tertiary/aromatic N) is 1. The highest BCUT2D eigenvalue weighted by Crippen LogP contribution is 2.35. The highest BCUT2D eigenvalue weighted by atomic mass is 16.5. The Morgan fingerprint density at radius 2 is 1.96 bits per heavy atom. The van der Waals surface area contributed by atoms with E-state index in [1.54, 1.807) is 7.11 Å². The fraction of sp³-hybridized carbons (Fsp3) is 0.632. The smallest absolute Gasteiger partial charge is 0.191 e. The van der Waals surface area contributed by atoms with Crippen LogP contribution in [0.3, 0.4) is 0 Å². The molecule has 2 N–H and O–H groups in total. The van der Waals surface area contributed by atoms with Crippen LogP contribution in [0.2, 0.25) is 0 Å². The molecule has 1 aliphatic carbocycles. The number of hydrogen-bond donors (Lipinski definition) is 2. The Hall–Kier alpha value is -1.75. The van der Waals surface area contributed by atoms with Gasteiger partial charge in [0.05, 0.1) is 7.11 Å². The summed E-state index contributed by atoms with van der Waals surface area (Å²) in [4.78, 5) is 4.38. The standard InChI is InChI=1S/C19H29N3O2/c1-14-12-17(14)22-18(20-2)21-13-19(8-10-24-11-9-19)15-4-6-16(23-3)7-5-15/h4-7,14,17H,8-13H2,1-3H3,(H2,20,21,22). The molecule has 2 fully saturated rings. The van der Waals surface area contributed by atoms with E-state index in [1.165, 1.54) is 12.0 Å². The Labute approximate surface area is 144 Å². The van der Waals surface area contributed by atoms with Crippen LogP contribution in [0, 0.1) is 5.92 Å². The highest BCUT2D eigenvalue weighted by Gasteiger charge is 2.36. The molecule has 1 saturated carbocycles. The van der Waals surface area contributed by atoms with Crippen molar-refractivity contribution in [3.63, 3.8) is 0 Å². The molecule has 0 amide bonds. The lowest BCUT2D eigenvalue weighted by molar-refractivity contribution is 0.0513. The number of nitrogens with one attached hydrogen (secondary N) is 2. The molecule has 5 heteroatoms. The van der Waals surface area contributed by atoms with Crippen LogP contribution >= 0.6 is 0 Å². The van der Waals surface area contributed by atoms with Crippen LogP contribution in [0.15, 0.2) is 29.3 Å². The Bertz CT molecular complexity index is 564. The highest BCUT2D eigenvalue weighted by molar-refractivity contribution is 5.80. The zero-order chi connectivity index (χ0) is 17.0. The zero-order valence-electron chi connectivity index (χ0n) is 15.0. The summed E-state index contributed by atoms with van der Waals surface area (Å²) in [6, 6.07) is 9.04. The molecular formula is C19H29N3O2. The number of rotatable bonds is 5. The van der Waals surface area contributed by atoms with Crippen LogP contribution in [0.25, 0.3) is 0 Å². The van der Waals surface area contributed by atoms with Crippen LogP contribution in [-0.4, -0.2) is 45.9 Å². The summed E-state index contributed by atoms with van der Waals surface area (Å²) in [7, 11) is 3.54. The van der Waals surface area contributed by atoms with Gasteiger partial charge in [0, 0.05) is 38.3 Å². The van der Waals surface area contributed by atoms with E-state index in [4.69, 9.17) is 9.47 Å². The van der Waals surface area contributed by atoms with E-state index in [9.17, 15) is 0 Å². The van der Waals surface area contributed by atoms with E-state index in [1.807, 2.05) is 19.2 Å². The normalized spacial score (nSPS) is 25.9. The first-order chi connectivity index (χ1) is 11.7. The Balaban J connectivity index is 1.70. The maximum Gasteiger partial charge on any atom is 0.191 e. The van der Waals surface area contributed by atoms with Crippen LogP contribution in [-0.2, 0) is 10.2 Å². The third-order valence-corrected chi connectivity index (χ3v) is 5.40. The van der Waals surface area contributed by atoms with Gasteiger partial charge in [-0.3, -0.25) is 4.99 Å². The summed E-state index contributed by atoms with van der Waals surface area (Å²) in [5, 5.41) is 7.06. The zero-order valence-corrected chi connectivity index (χ0v) is 15.0. The number of benzene rings is 1. The molecule has 0 spiro atoms. The number of ether oxygens (including phenoxy) is 2. The van der Waals surface area contributed by atoms with E-state index in [0.29, 0.717) is 6.04 Å². The summed E-state index contributed by atoms with van der Waals surface area (Å²) >= 11 is 0. The van der Waals surface area contributed by atoms with Crippen molar-refractivity contribution in [1.29, 1.82) is 0 Å². The van der Waals surface area contributed by atoms with Gasteiger partial charge in [0.2, 0.25) is 0 Å². The number of guanidine groups is 1. The first-order valence-corrected chi connectivity index (χ1v) is 8.86. The monoisotopic (exact) mass is 331 g/mol. The minimum absolute atomic E-state index is 0.0807. The summed E-state index contributed by atoms with van der Waals surface area (Å²) in [6.45, 7) is 4.74. The van der Waals surface area contributed by atoms with Gasteiger partial charge in [-0.05, 0) is 42.9 Å². The lowest BCUT2D eigenvalue weighted by Gasteiger charge is -2.38. The second kappa shape index (κ2) is 7.43. The third-order valence-electron chi connectivity index (χ3n) is 5.40. The molecular weight excluding hydrogens is 302 g/mol. The molecule has 1 aliphatic heterocycles. The molecule has 1 saturated heterocycles. The predicted molar refractivity (Wildman–Crippen MR) is 96.8 cm³/mol. The molecule has 2 atom stereocenters. The minimum atomic E-state index is 0.0807. The van der Waals surface area contributed by atoms with E-state index in [-0.39, 0.29) is 5.41 Å². The maximum atomic E-state index is 5.61. The van der Waals surface area contributed by atoms with Crippen molar-refractivity contribution in [2.75, 3.05) is 33.9 Å². The number of hydrogen-bond acceptors (Lipinski definition) is 3. The van der Waals surface area contributed by atoms with Gasteiger partial charge in [0.25, 0.3) is 0 Å². The van der Waals surface area contributed by atoms with Crippen molar-refractivity contribution < 1.29 is 9.47 Å². The molecule has 3 rings (SSSR count). The topological polar surface area (TPSA) is 54.9 Å². The summed E-state index contributed by atoms with van der Waals surface area (Å²) < 4.78 is 10.9. The molecule has 1 heterocycles. The van der Waals surface area contributed by atoms with Gasteiger partial charge >= 0.3 is 0 Å². The quantitative estimate of drug-likeness (QED) is 0.642. The van der Waals surface area contributed by atoms with Crippen molar-refractivity contribution in [1.82, 2.24) is 10.6 Å². The Morgan fingerprint density at radius 1 is 1.29 bits per heavy atom. The number of aliphatic imine (C=N–C) groups is 1. The fourth-order valence-corrected chi connectivity index (χ4v) is 3.42. The summed E-state index contributed by atoms with van der Waals surface area (Å²) in [6.07, 6.45) is 3.27. The molecule has 2 unspecified atom stereocenters. The maximum absolute atomic E-state index is 5.61. The van der Waals surface area contributed by atoms with Crippen molar-refractivity contribution in [2.45, 2.75) is 37.6 Å².